The highest BCUT2D eigenvalue weighted by molar-refractivity contribution is 5.85. The minimum atomic E-state index is -1.06. The van der Waals surface area contributed by atoms with E-state index in [2.05, 4.69) is 22.0 Å². The Labute approximate surface area is 140 Å². The van der Waals surface area contributed by atoms with Crippen molar-refractivity contribution < 1.29 is 19.4 Å². The van der Waals surface area contributed by atoms with E-state index in [0.29, 0.717) is 12.5 Å². The molecule has 1 aromatic heterocycles. The Balaban J connectivity index is 1.54. The first-order valence-corrected chi connectivity index (χ1v) is 7.92. The van der Waals surface area contributed by atoms with Gasteiger partial charge in [0.2, 0.25) is 5.88 Å². The van der Waals surface area contributed by atoms with Gasteiger partial charge in [0.1, 0.15) is 6.61 Å². The molecule has 1 saturated heterocycles. The van der Waals surface area contributed by atoms with E-state index in [1.165, 1.54) is 11.6 Å². The molecule has 0 radical (unpaired) electrons. The van der Waals surface area contributed by atoms with Crippen molar-refractivity contribution >= 4 is 5.97 Å². The van der Waals surface area contributed by atoms with E-state index in [4.69, 9.17) is 14.6 Å². The Bertz CT molecular complexity index is 682. The number of carboxylic acid groups (broad SMARTS) is 1. The zero-order valence-electron chi connectivity index (χ0n) is 13.4. The molecule has 6 nitrogen and oxygen atoms in total. The predicted octanol–water partition coefficient (Wildman–Crippen LogP) is 2.19. The summed E-state index contributed by atoms with van der Waals surface area (Å²) in [6.45, 7) is 4.82. The second-order valence-corrected chi connectivity index (χ2v) is 5.66. The van der Waals surface area contributed by atoms with E-state index in [0.717, 1.165) is 38.4 Å². The smallest absolute Gasteiger partial charge is 0.354 e. The van der Waals surface area contributed by atoms with Crippen molar-refractivity contribution in [1.29, 1.82) is 0 Å². The Morgan fingerprint density at radius 3 is 2.54 bits per heavy atom. The number of hydrogen-bond donors (Lipinski definition) is 1. The summed E-state index contributed by atoms with van der Waals surface area (Å²) in [6, 6.07) is 12.9. The quantitative estimate of drug-likeness (QED) is 0.876. The number of aromatic nitrogens is 1. The summed E-state index contributed by atoms with van der Waals surface area (Å²) in [5, 5.41) is 8.93. The van der Waals surface area contributed by atoms with Gasteiger partial charge in [-0.2, -0.15) is 0 Å². The average molecular weight is 328 g/mol. The van der Waals surface area contributed by atoms with Gasteiger partial charge in [-0.15, -0.1) is 0 Å². The number of hydrogen-bond acceptors (Lipinski definition) is 5. The zero-order valence-corrected chi connectivity index (χ0v) is 13.4. The molecular weight excluding hydrogens is 308 g/mol. The van der Waals surface area contributed by atoms with Crippen molar-refractivity contribution in [2.45, 2.75) is 13.2 Å². The molecule has 2 aromatic rings. The maximum Gasteiger partial charge on any atom is 0.354 e. The van der Waals surface area contributed by atoms with Crippen LogP contribution in [0.5, 0.6) is 5.88 Å². The minimum absolute atomic E-state index is 0.0200. The molecule has 1 aromatic carbocycles. The normalized spacial score (nSPS) is 15.2. The van der Waals surface area contributed by atoms with Crippen molar-refractivity contribution in [1.82, 2.24) is 9.88 Å². The number of nitrogens with zero attached hydrogens (tertiary/aromatic N) is 2. The Kier molecular flexibility index (Phi) is 5.40. The number of carbonyl (C=O) groups is 1. The van der Waals surface area contributed by atoms with Crippen LogP contribution in [0, 0.1) is 0 Å². The van der Waals surface area contributed by atoms with Crippen molar-refractivity contribution in [3.05, 3.63) is 59.3 Å². The van der Waals surface area contributed by atoms with Gasteiger partial charge in [-0.25, -0.2) is 9.78 Å². The van der Waals surface area contributed by atoms with Gasteiger partial charge in [0.25, 0.3) is 0 Å². The maximum atomic E-state index is 10.9. The van der Waals surface area contributed by atoms with Gasteiger partial charge in [0.05, 0.1) is 13.2 Å². The van der Waals surface area contributed by atoms with Crippen LogP contribution in [0.1, 0.15) is 21.6 Å². The second kappa shape index (κ2) is 7.90. The number of morpholine rings is 1. The van der Waals surface area contributed by atoms with E-state index >= 15 is 0 Å². The summed E-state index contributed by atoms with van der Waals surface area (Å²) in [6.07, 6.45) is 0. The summed E-state index contributed by atoms with van der Waals surface area (Å²) in [5.74, 6) is -0.750. The fraction of sp³-hybridized carbons (Fsp3) is 0.333. The molecule has 1 N–H and O–H groups in total. The molecule has 0 bridgehead atoms. The van der Waals surface area contributed by atoms with Crippen molar-refractivity contribution in [3.63, 3.8) is 0 Å². The second-order valence-electron chi connectivity index (χ2n) is 5.66. The molecule has 126 valence electrons. The molecule has 0 unspecified atom stereocenters. The Hall–Kier alpha value is -2.44. The van der Waals surface area contributed by atoms with Gasteiger partial charge in [-0.3, -0.25) is 4.90 Å². The summed E-state index contributed by atoms with van der Waals surface area (Å²) in [4.78, 5) is 17.2. The summed E-state index contributed by atoms with van der Waals surface area (Å²) in [5.41, 5.74) is 2.25. The Morgan fingerprint density at radius 2 is 1.83 bits per heavy atom. The molecule has 0 amide bonds. The van der Waals surface area contributed by atoms with Gasteiger partial charge >= 0.3 is 5.97 Å². The number of ether oxygens (including phenoxy) is 2. The SMILES string of the molecule is O=C(O)c1cccc(OCc2ccc(CN3CCOCC3)cc2)n1. The Morgan fingerprint density at radius 1 is 1.12 bits per heavy atom. The number of carboxylic acids is 1. The third-order valence-corrected chi connectivity index (χ3v) is 3.86. The molecule has 24 heavy (non-hydrogen) atoms. The molecule has 0 atom stereocenters. The first-order valence-electron chi connectivity index (χ1n) is 7.92. The molecule has 2 heterocycles. The van der Waals surface area contributed by atoms with Crippen LogP contribution < -0.4 is 4.74 Å². The zero-order chi connectivity index (χ0) is 16.8. The molecule has 1 aliphatic rings. The number of benzene rings is 1. The lowest BCUT2D eigenvalue weighted by Gasteiger charge is -2.26. The number of rotatable bonds is 6. The van der Waals surface area contributed by atoms with Crippen LogP contribution in [0.3, 0.4) is 0 Å². The monoisotopic (exact) mass is 328 g/mol. The lowest BCUT2D eigenvalue weighted by molar-refractivity contribution is 0.0342. The summed E-state index contributed by atoms with van der Waals surface area (Å²) < 4.78 is 10.9. The third-order valence-electron chi connectivity index (χ3n) is 3.86. The first-order chi connectivity index (χ1) is 11.7. The number of aromatic carboxylic acids is 1. The highest BCUT2D eigenvalue weighted by Crippen LogP contribution is 2.13. The van der Waals surface area contributed by atoms with Crippen LogP contribution in [0.4, 0.5) is 0 Å². The molecule has 6 heteroatoms. The van der Waals surface area contributed by atoms with E-state index in [-0.39, 0.29) is 5.69 Å². The first kappa shape index (κ1) is 16.4. The minimum Gasteiger partial charge on any atom is -0.477 e. The van der Waals surface area contributed by atoms with Crippen LogP contribution in [-0.4, -0.2) is 47.3 Å². The molecular formula is C18H20N2O4. The summed E-state index contributed by atoms with van der Waals surface area (Å²) in [7, 11) is 0. The van der Waals surface area contributed by atoms with Crippen molar-refractivity contribution in [3.8, 4) is 5.88 Å². The highest BCUT2D eigenvalue weighted by atomic mass is 16.5. The molecule has 0 aliphatic carbocycles. The molecule has 0 saturated carbocycles. The van der Waals surface area contributed by atoms with Gasteiger partial charge in [-0.1, -0.05) is 30.3 Å². The topological polar surface area (TPSA) is 71.9 Å². The third kappa shape index (κ3) is 4.53. The van der Waals surface area contributed by atoms with Crippen molar-refractivity contribution in [2.24, 2.45) is 0 Å². The summed E-state index contributed by atoms with van der Waals surface area (Å²) >= 11 is 0. The van der Waals surface area contributed by atoms with Crippen LogP contribution in [0.25, 0.3) is 0 Å². The van der Waals surface area contributed by atoms with Crippen LogP contribution in [0.15, 0.2) is 42.5 Å². The van der Waals surface area contributed by atoms with Crippen LogP contribution >= 0.6 is 0 Å². The van der Waals surface area contributed by atoms with Crippen molar-refractivity contribution in [2.75, 3.05) is 26.3 Å². The van der Waals surface area contributed by atoms with Gasteiger partial charge in [0.15, 0.2) is 5.69 Å². The van der Waals surface area contributed by atoms with E-state index in [9.17, 15) is 4.79 Å². The van der Waals surface area contributed by atoms with E-state index in [1.54, 1.807) is 12.1 Å². The maximum absolute atomic E-state index is 10.9. The van der Waals surface area contributed by atoms with E-state index < -0.39 is 5.97 Å². The standard InChI is InChI=1S/C18H20N2O4/c21-18(22)16-2-1-3-17(19-16)24-13-15-6-4-14(5-7-15)12-20-8-10-23-11-9-20/h1-7H,8-13H2,(H,21,22). The van der Waals surface area contributed by atoms with Gasteiger partial charge in [-0.05, 0) is 17.2 Å². The lowest BCUT2D eigenvalue weighted by Crippen LogP contribution is -2.35. The van der Waals surface area contributed by atoms with Crippen LogP contribution in [0.2, 0.25) is 0 Å². The fourth-order valence-corrected chi connectivity index (χ4v) is 2.53. The van der Waals surface area contributed by atoms with Gasteiger partial charge in [0, 0.05) is 25.7 Å². The lowest BCUT2D eigenvalue weighted by atomic mass is 10.1. The molecule has 1 fully saturated rings. The number of pyridine rings is 1. The highest BCUT2D eigenvalue weighted by Gasteiger charge is 2.10. The predicted molar refractivity (Wildman–Crippen MR) is 88.1 cm³/mol. The molecule has 1 aliphatic heterocycles. The molecule has 0 spiro atoms. The fourth-order valence-electron chi connectivity index (χ4n) is 2.53. The van der Waals surface area contributed by atoms with Crippen LogP contribution in [-0.2, 0) is 17.9 Å². The average Bonchev–Trinajstić information content (AvgIpc) is 2.62. The largest absolute Gasteiger partial charge is 0.477 e. The van der Waals surface area contributed by atoms with Gasteiger partial charge < -0.3 is 14.6 Å². The van der Waals surface area contributed by atoms with E-state index in [1.807, 2.05) is 12.1 Å². The molecule has 3 rings (SSSR count).